The molecule has 0 atom stereocenters. The molecule has 2 aromatic heterocycles. The fourth-order valence-corrected chi connectivity index (χ4v) is 1.87. The van der Waals surface area contributed by atoms with Gasteiger partial charge in [-0.2, -0.15) is 0 Å². The van der Waals surface area contributed by atoms with Crippen molar-refractivity contribution in [1.82, 2.24) is 9.97 Å². The lowest BCUT2D eigenvalue weighted by Crippen LogP contribution is -2.00. The zero-order chi connectivity index (χ0) is 11.5. The molecule has 0 unspecified atom stereocenters. The molecule has 0 bridgehead atoms. The van der Waals surface area contributed by atoms with Gasteiger partial charge in [-0.05, 0) is 19.1 Å². The Morgan fingerprint density at radius 3 is 3.00 bits per heavy atom. The van der Waals surface area contributed by atoms with Crippen molar-refractivity contribution in [2.75, 3.05) is 5.32 Å². The van der Waals surface area contributed by atoms with Crippen molar-refractivity contribution >= 4 is 28.1 Å². The topological polar surface area (TPSA) is 75.1 Å². The van der Waals surface area contributed by atoms with E-state index in [2.05, 4.69) is 15.3 Å². The summed E-state index contributed by atoms with van der Waals surface area (Å²) in [6, 6.07) is 3.17. The molecular weight excluding hydrogens is 226 g/mol. The molecule has 0 aliphatic rings. The third-order valence-corrected chi connectivity index (χ3v) is 2.72. The number of hydrogen-bond donors (Lipinski definition) is 2. The van der Waals surface area contributed by atoms with E-state index in [0.717, 1.165) is 10.8 Å². The highest BCUT2D eigenvalue weighted by Gasteiger charge is 2.05. The number of nitrogens with one attached hydrogen (secondary N) is 1. The first-order valence-corrected chi connectivity index (χ1v) is 5.41. The highest BCUT2D eigenvalue weighted by atomic mass is 32.1. The Bertz CT molecular complexity index is 524. The molecule has 2 rings (SSSR count). The monoisotopic (exact) mass is 235 g/mol. The highest BCUT2D eigenvalue weighted by molar-refractivity contribution is 7.13. The van der Waals surface area contributed by atoms with Crippen LogP contribution in [0.2, 0.25) is 0 Å². The quantitative estimate of drug-likeness (QED) is 0.853. The summed E-state index contributed by atoms with van der Waals surface area (Å²) >= 11 is 1.47. The van der Waals surface area contributed by atoms with Crippen molar-refractivity contribution in [1.29, 1.82) is 0 Å². The van der Waals surface area contributed by atoms with Crippen LogP contribution in [0.15, 0.2) is 23.7 Å². The molecule has 0 amide bonds. The lowest BCUT2D eigenvalue weighted by atomic mass is 10.3. The number of carboxylic acid groups (broad SMARTS) is 1. The minimum absolute atomic E-state index is 0.0123. The molecule has 2 aromatic rings. The van der Waals surface area contributed by atoms with Crippen LogP contribution in [0.25, 0.3) is 0 Å². The number of aryl methyl sites for hydroxylation is 1. The van der Waals surface area contributed by atoms with Crippen LogP contribution in [-0.2, 0) is 0 Å². The zero-order valence-electron chi connectivity index (χ0n) is 8.47. The van der Waals surface area contributed by atoms with Gasteiger partial charge in [-0.25, -0.2) is 14.8 Å². The number of anilines is 2. The fraction of sp³-hybridized carbons (Fsp3) is 0.100. The van der Waals surface area contributed by atoms with E-state index in [1.807, 2.05) is 12.3 Å². The molecule has 0 spiro atoms. The van der Waals surface area contributed by atoms with E-state index >= 15 is 0 Å². The molecule has 6 heteroatoms. The minimum atomic E-state index is -1.04. The van der Waals surface area contributed by atoms with Crippen LogP contribution in [0.3, 0.4) is 0 Å². The SMILES string of the molecule is Cc1csc(Nc2ccnc(C(=O)O)c2)n1. The smallest absolute Gasteiger partial charge is 0.354 e. The minimum Gasteiger partial charge on any atom is -0.477 e. The average Bonchev–Trinajstić information content (AvgIpc) is 2.64. The van der Waals surface area contributed by atoms with Crippen LogP contribution in [0, 0.1) is 6.92 Å². The van der Waals surface area contributed by atoms with Gasteiger partial charge in [0.2, 0.25) is 0 Å². The van der Waals surface area contributed by atoms with Crippen LogP contribution >= 0.6 is 11.3 Å². The normalized spacial score (nSPS) is 10.1. The van der Waals surface area contributed by atoms with Crippen molar-refractivity contribution in [2.24, 2.45) is 0 Å². The number of aromatic carboxylic acids is 1. The number of hydrogen-bond acceptors (Lipinski definition) is 5. The molecule has 5 nitrogen and oxygen atoms in total. The van der Waals surface area contributed by atoms with Gasteiger partial charge in [-0.3, -0.25) is 0 Å². The third kappa shape index (κ3) is 2.34. The lowest BCUT2D eigenvalue weighted by molar-refractivity contribution is 0.0690. The van der Waals surface area contributed by atoms with Crippen molar-refractivity contribution in [3.8, 4) is 0 Å². The van der Waals surface area contributed by atoms with Crippen molar-refractivity contribution < 1.29 is 9.90 Å². The van der Waals surface area contributed by atoms with E-state index in [0.29, 0.717) is 5.69 Å². The summed E-state index contributed by atoms with van der Waals surface area (Å²) < 4.78 is 0. The molecular formula is C10H9N3O2S. The first-order valence-electron chi connectivity index (χ1n) is 4.53. The standard InChI is InChI=1S/C10H9N3O2S/c1-6-5-16-10(12-6)13-7-2-3-11-8(4-7)9(14)15/h2-5H,1H3,(H,14,15)(H,11,12,13). The summed E-state index contributed by atoms with van der Waals surface area (Å²) in [7, 11) is 0. The van der Waals surface area contributed by atoms with E-state index in [1.54, 1.807) is 6.07 Å². The molecule has 0 fully saturated rings. The van der Waals surface area contributed by atoms with Gasteiger partial charge in [0.05, 0.1) is 5.69 Å². The molecule has 2 N–H and O–H groups in total. The van der Waals surface area contributed by atoms with Crippen molar-refractivity contribution in [2.45, 2.75) is 6.92 Å². The molecule has 0 aliphatic heterocycles. The Balaban J connectivity index is 2.21. The molecule has 0 saturated carbocycles. The van der Waals surface area contributed by atoms with Gasteiger partial charge in [-0.1, -0.05) is 0 Å². The van der Waals surface area contributed by atoms with Crippen LogP contribution in [0.1, 0.15) is 16.2 Å². The summed E-state index contributed by atoms with van der Waals surface area (Å²) in [5.74, 6) is -1.04. The van der Waals surface area contributed by atoms with Crippen molar-refractivity contribution in [3.63, 3.8) is 0 Å². The van der Waals surface area contributed by atoms with Gasteiger partial charge in [-0.15, -0.1) is 11.3 Å². The largest absolute Gasteiger partial charge is 0.477 e. The maximum absolute atomic E-state index is 10.7. The number of rotatable bonds is 3. The Kier molecular flexibility index (Phi) is 2.82. The van der Waals surface area contributed by atoms with E-state index in [4.69, 9.17) is 5.11 Å². The maximum atomic E-state index is 10.7. The number of nitrogens with zero attached hydrogens (tertiary/aromatic N) is 2. The average molecular weight is 235 g/mol. The number of thiazole rings is 1. The number of aromatic nitrogens is 2. The summed E-state index contributed by atoms with van der Waals surface area (Å²) in [6.45, 7) is 1.90. The van der Waals surface area contributed by atoms with Crippen LogP contribution in [-0.4, -0.2) is 21.0 Å². The van der Waals surface area contributed by atoms with Gasteiger partial charge in [0, 0.05) is 17.3 Å². The number of carbonyl (C=O) groups is 1. The molecule has 0 radical (unpaired) electrons. The van der Waals surface area contributed by atoms with E-state index in [1.165, 1.54) is 23.6 Å². The molecule has 0 aromatic carbocycles. The Morgan fingerprint density at radius 1 is 1.56 bits per heavy atom. The Labute approximate surface area is 95.8 Å². The molecule has 2 heterocycles. The first kappa shape index (κ1) is 10.6. The second-order valence-electron chi connectivity index (χ2n) is 3.15. The van der Waals surface area contributed by atoms with Gasteiger partial charge in [0.25, 0.3) is 0 Å². The summed E-state index contributed by atoms with van der Waals surface area (Å²) in [6.07, 6.45) is 1.45. The molecule has 0 aliphatic carbocycles. The fourth-order valence-electron chi connectivity index (χ4n) is 1.16. The molecule has 16 heavy (non-hydrogen) atoms. The Hall–Kier alpha value is -1.95. The highest BCUT2D eigenvalue weighted by Crippen LogP contribution is 2.20. The van der Waals surface area contributed by atoms with E-state index < -0.39 is 5.97 Å². The second-order valence-corrected chi connectivity index (χ2v) is 4.01. The Morgan fingerprint density at radius 2 is 2.38 bits per heavy atom. The number of carboxylic acids is 1. The van der Waals surface area contributed by atoms with E-state index in [9.17, 15) is 4.79 Å². The predicted octanol–water partition coefficient (Wildman–Crippen LogP) is 2.29. The molecule has 0 saturated heterocycles. The number of pyridine rings is 1. The first-order chi connectivity index (χ1) is 7.65. The third-order valence-electron chi connectivity index (χ3n) is 1.85. The summed E-state index contributed by atoms with van der Waals surface area (Å²) in [5.41, 5.74) is 1.61. The second kappa shape index (κ2) is 4.28. The van der Waals surface area contributed by atoms with Gasteiger partial charge in [0.1, 0.15) is 5.69 Å². The van der Waals surface area contributed by atoms with Gasteiger partial charge < -0.3 is 10.4 Å². The van der Waals surface area contributed by atoms with Crippen LogP contribution < -0.4 is 5.32 Å². The van der Waals surface area contributed by atoms with Crippen LogP contribution in [0.5, 0.6) is 0 Å². The van der Waals surface area contributed by atoms with Crippen LogP contribution in [0.4, 0.5) is 10.8 Å². The summed E-state index contributed by atoms with van der Waals surface area (Å²) in [4.78, 5) is 18.7. The van der Waals surface area contributed by atoms with E-state index in [-0.39, 0.29) is 5.69 Å². The van der Waals surface area contributed by atoms with Gasteiger partial charge >= 0.3 is 5.97 Å². The zero-order valence-corrected chi connectivity index (χ0v) is 9.28. The lowest BCUT2D eigenvalue weighted by Gasteiger charge is -2.02. The van der Waals surface area contributed by atoms with Gasteiger partial charge in [0.15, 0.2) is 5.13 Å². The van der Waals surface area contributed by atoms with Crippen molar-refractivity contribution in [3.05, 3.63) is 35.1 Å². The summed E-state index contributed by atoms with van der Waals surface area (Å²) in [5, 5.41) is 14.5. The maximum Gasteiger partial charge on any atom is 0.354 e. The predicted molar refractivity (Wildman–Crippen MR) is 61.3 cm³/mol. The molecule has 82 valence electrons.